The number of rotatable bonds is 5. The highest BCUT2D eigenvalue weighted by Crippen LogP contribution is 2.22. The average molecular weight is 366 g/mol. The minimum Gasteiger partial charge on any atom is -0.341 e. The van der Waals surface area contributed by atoms with Crippen molar-refractivity contribution in [2.45, 2.75) is 33.2 Å². The smallest absolute Gasteiger partial charge is 0.239 e. The van der Waals surface area contributed by atoms with Gasteiger partial charge in [-0.3, -0.25) is 14.5 Å². The molecule has 6 heteroatoms. The Hall–Kier alpha value is -1.59. The van der Waals surface area contributed by atoms with Crippen LogP contribution in [0.2, 0.25) is 5.02 Å². The molecule has 3 atom stereocenters. The fraction of sp³-hybridized carbons (Fsp3) is 0.579. The first kappa shape index (κ1) is 19.7. The lowest BCUT2D eigenvalue weighted by Crippen LogP contribution is -2.51. The fourth-order valence-electron chi connectivity index (χ4n) is 3.39. The van der Waals surface area contributed by atoms with Crippen molar-refractivity contribution in [1.29, 1.82) is 0 Å². The van der Waals surface area contributed by atoms with E-state index in [1.807, 2.05) is 11.8 Å². The van der Waals surface area contributed by atoms with Gasteiger partial charge in [-0.1, -0.05) is 25.4 Å². The van der Waals surface area contributed by atoms with Crippen molar-refractivity contribution in [1.82, 2.24) is 9.80 Å². The molecule has 1 N–H and O–H groups in total. The van der Waals surface area contributed by atoms with Gasteiger partial charge in [-0.2, -0.15) is 0 Å². The van der Waals surface area contributed by atoms with Gasteiger partial charge in [0, 0.05) is 23.8 Å². The Bertz CT molecular complexity index is 595. The number of likely N-dealkylation sites (N-methyl/N-ethyl adjacent to an activating group) is 1. The van der Waals surface area contributed by atoms with Crippen LogP contribution in [0.4, 0.5) is 5.69 Å². The Kier molecular flexibility index (Phi) is 6.85. The van der Waals surface area contributed by atoms with Gasteiger partial charge in [-0.25, -0.2) is 0 Å². The zero-order chi connectivity index (χ0) is 18.6. The third kappa shape index (κ3) is 5.72. The number of piperidine rings is 1. The van der Waals surface area contributed by atoms with Crippen molar-refractivity contribution in [3.63, 3.8) is 0 Å². The van der Waals surface area contributed by atoms with E-state index in [-0.39, 0.29) is 24.4 Å². The van der Waals surface area contributed by atoms with E-state index in [0.29, 0.717) is 22.5 Å². The lowest BCUT2D eigenvalue weighted by molar-refractivity contribution is -0.139. The molecule has 0 radical (unpaired) electrons. The molecule has 1 fully saturated rings. The van der Waals surface area contributed by atoms with Crippen LogP contribution in [0.25, 0.3) is 0 Å². The summed E-state index contributed by atoms with van der Waals surface area (Å²) in [5.74, 6) is 1.00. The zero-order valence-electron chi connectivity index (χ0n) is 15.5. The van der Waals surface area contributed by atoms with Gasteiger partial charge in [0.15, 0.2) is 0 Å². The second-order valence-electron chi connectivity index (χ2n) is 7.34. The number of nitrogens with zero attached hydrogens (tertiary/aromatic N) is 2. The maximum atomic E-state index is 12.7. The van der Waals surface area contributed by atoms with Crippen LogP contribution in [0.3, 0.4) is 0 Å². The van der Waals surface area contributed by atoms with Gasteiger partial charge < -0.3 is 10.2 Å². The predicted octanol–water partition coefficient (Wildman–Crippen LogP) is 3.10. The highest BCUT2D eigenvalue weighted by molar-refractivity contribution is 6.30. The highest BCUT2D eigenvalue weighted by atomic mass is 35.5. The van der Waals surface area contributed by atoms with Crippen molar-refractivity contribution < 1.29 is 9.59 Å². The molecule has 25 heavy (non-hydrogen) atoms. The number of amides is 2. The summed E-state index contributed by atoms with van der Waals surface area (Å²) in [6.07, 6.45) is 1.16. The Morgan fingerprint density at radius 3 is 2.36 bits per heavy atom. The average Bonchev–Trinajstić information content (AvgIpc) is 2.54. The largest absolute Gasteiger partial charge is 0.341 e. The quantitative estimate of drug-likeness (QED) is 0.872. The summed E-state index contributed by atoms with van der Waals surface area (Å²) in [5.41, 5.74) is 0.695. The summed E-state index contributed by atoms with van der Waals surface area (Å²) >= 11 is 5.84. The van der Waals surface area contributed by atoms with Gasteiger partial charge in [0.05, 0.1) is 12.6 Å². The van der Waals surface area contributed by atoms with E-state index in [0.717, 1.165) is 19.5 Å². The monoisotopic (exact) mass is 365 g/mol. The van der Waals surface area contributed by atoms with Crippen molar-refractivity contribution in [2.75, 3.05) is 32.0 Å². The molecule has 138 valence electrons. The van der Waals surface area contributed by atoms with Crippen LogP contribution in [-0.2, 0) is 9.59 Å². The minimum absolute atomic E-state index is 0.0974. The van der Waals surface area contributed by atoms with E-state index >= 15 is 0 Å². The third-order valence-electron chi connectivity index (χ3n) is 4.72. The first-order valence-corrected chi connectivity index (χ1v) is 9.18. The number of benzene rings is 1. The maximum Gasteiger partial charge on any atom is 0.239 e. The summed E-state index contributed by atoms with van der Waals surface area (Å²) in [6, 6.07) is 6.64. The Morgan fingerprint density at radius 1 is 1.24 bits per heavy atom. The molecule has 1 heterocycles. The molecule has 0 aromatic heterocycles. The molecular formula is C19H28ClN3O2. The van der Waals surface area contributed by atoms with E-state index in [1.165, 1.54) is 0 Å². The van der Waals surface area contributed by atoms with Gasteiger partial charge in [-0.15, -0.1) is 0 Å². The number of halogens is 1. The molecule has 0 saturated carbocycles. The SMILES string of the molecule is C[C@@H]1C[C@H](C)CN(C(=O)[C@H](C)N(C)CC(=O)Nc2ccc(Cl)cc2)C1. The number of hydrogen-bond donors (Lipinski definition) is 1. The molecule has 2 rings (SSSR count). The minimum atomic E-state index is -0.325. The molecule has 1 aliphatic rings. The molecule has 0 bridgehead atoms. The second kappa shape index (κ2) is 8.68. The van der Waals surface area contributed by atoms with E-state index in [1.54, 1.807) is 36.2 Å². The van der Waals surface area contributed by atoms with Gasteiger partial charge in [0.25, 0.3) is 0 Å². The Balaban J connectivity index is 1.88. The van der Waals surface area contributed by atoms with Gasteiger partial charge in [0.2, 0.25) is 11.8 Å². The molecule has 1 aromatic rings. The topological polar surface area (TPSA) is 52.7 Å². The van der Waals surface area contributed by atoms with Gasteiger partial charge >= 0.3 is 0 Å². The van der Waals surface area contributed by atoms with Crippen LogP contribution in [0.5, 0.6) is 0 Å². The van der Waals surface area contributed by atoms with Crippen LogP contribution in [-0.4, -0.2) is 54.3 Å². The summed E-state index contributed by atoms with van der Waals surface area (Å²) in [7, 11) is 1.81. The van der Waals surface area contributed by atoms with Crippen molar-refractivity contribution in [3.05, 3.63) is 29.3 Å². The van der Waals surface area contributed by atoms with E-state index < -0.39 is 0 Å². The molecule has 0 unspecified atom stereocenters. The molecular weight excluding hydrogens is 338 g/mol. The number of anilines is 1. The lowest BCUT2D eigenvalue weighted by Gasteiger charge is -2.38. The molecule has 1 aromatic carbocycles. The van der Waals surface area contributed by atoms with Crippen molar-refractivity contribution in [3.8, 4) is 0 Å². The molecule has 0 spiro atoms. The molecule has 5 nitrogen and oxygen atoms in total. The number of hydrogen-bond acceptors (Lipinski definition) is 3. The fourth-order valence-corrected chi connectivity index (χ4v) is 3.52. The number of likely N-dealkylation sites (tertiary alicyclic amines) is 1. The standard InChI is InChI=1S/C19H28ClN3O2/c1-13-9-14(2)11-23(10-13)19(25)15(3)22(4)12-18(24)21-17-7-5-16(20)6-8-17/h5-8,13-15H,9-12H2,1-4H3,(H,21,24)/t13-,14+,15-/m0/s1. The zero-order valence-corrected chi connectivity index (χ0v) is 16.2. The van der Waals surface area contributed by atoms with Gasteiger partial charge in [0.1, 0.15) is 0 Å². The summed E-state index contributed by atoms with van der Waals surface area (Å²) in [4.78, 5) is 28.7. The van der Waals surface area contributed by atoms with Crippen LogP contribution in [0.1, 0.15) is 27.2 Å². The lowest BCUT2D eigenvalue weighted by atomic mass is 9.91. The van der Waals surface area contributed by atoms with Crippen molar-refractivity contribution >= 4 is 29.1 Å². The predicted molar refractivity (Wildman–Crippen MR) is 102 cm³/mol. The van der Waals surface area contributed by atoms with E-state index in [9.17, 15) is 9.59 Å². The Labute approximate surface area is 155 Å². The first-order valence-electron chi connectivity index (χ1n) is 8.80. The molecule has 1 saturated heterocycles. The number of carbonyl (C=O) groups is 2. The van der Waals surface area contributed by atoms with Gasteiger partial charge in [-0.05, 0) is 56.5 Å². The molecule has 0 aliphatic carbocycles. The normalized spacial score (nSPS) is 21.9. The van der Waals surface area contributed by atoms with Crippen LogP contribution in [0.15, 0.2) is 24.3 Å². The third-order valence-corrected chi connectivity index (χ3v) is 4.97. The summed E-state index contributed by atoms with van der Waals surface area (Å²) < 4.78 is 0. The highest BCUT2D eigenvalue weighted by Gasteiger charge is 2.30. The molecule has 2 amide bonds. The van der Waals surface area contributed by atoms with Crippen molar-refractivity contribution in [2.24, 2.45) is 11.8 Å². The first-order chi connectivity index (χ1) is 11.8. The maximum absolute atomic E-state index is 12.7. The van der Waals surface area contributed by atoms with E-state index in [4.69, 9.17) is 11.6 Å². The van der Waals surface area contributed by atoms with E-state index in [2.05, 4.69) is 19.2 Å². The molecule has 1 aliphatic heterocycles. The summed E-state index contributed by atoms with van der Waals surface area (Å²) in [6.45, 7) is 8.00. The second-order valence-corrected chi connectivity index (χ2v) is 7.77. The van der Waals surface area contributed by atoms with Crippen LogP contribution in [0, 0.1) is 11.8 Å². The Morgan fingerprint density at radius 2 is 1.80 bits per heavy atom. The number of nitrogens with one attached hydrogen (secondary N) is 1. The number of carbonyl (C=O) groups excluding carboxylic acids is 2. The van der Waals surface area contributed by atoms with Crippen LogP contribution < -0.4 is 5.32 Å². The van der Waals surface area contributed by atoms with Crippen LogP contribution >= 0.6 is 11.6 Å². The summed E-state index contributed by atoms with van der Waals surface area (Å²) in [5, 5.41) is 3.45.